The fourth-order valence-corrected chi connectivity index (χ4v) is 2.25. The van der Waals surface area contributed by atoms with E-state index in [0.717, 1.165) is 12.2 Å². The lowest BCUT2D eigenvalue weighted by Gasteiger charge is -2.44. The molecule has 5 heteroatoms. The maximum Gasteiger partial charge on any atom is 0.167 e. The summed E-state index contributed by atoms with van der Waals surface area (Å²) in [7, 11) is 1.45. The maximum absolute atomic E-state index is 13.5. The van der Waals surface area contributed by atoms with E-state index in [0.29, 0.717) is 18.9 Å². The Labute approximate surface area is 106 Å². The minimum atomic E-state index is -0.440. The second-order valence-corrected chi connectivity index (χ2v) is 5.06. The molecule has 18 heavy (non-hydrogen) atoms. The molecule has 2 N–H and O–H groups in total. The van der Waals surface area contributed by atoms with Gasteiger partial charge >= 0.3 is 0 Å². The van der Waals surface area contributed by atoms with Crippen molar-refractivity contribution in [3.05, 3.63) is 17.9 Å². The molecule has 0 amide bonds. The summed E-state index contributed by atoms with van der Waals surface area (Å²) in [5, 5.41) is 0. The number of morpholine rings is 1. The van der Waals surface area contributed by atoms with Crippen LogP contribution in [0.5, 0.6) is 5.75 Å². The fraction of sp³-hybridized carbons (Fsp3) is 0.538. The van der Waals surface area contributed by atoms with E-state index in [9.17, 15) is 4.39 Å². The lowest BCUT2D eigenvalue weighted by atomic mass is 10.0. The van der Waals surface area contributed by atoms with E-state index in [2.05, 4.69) is 18.7 Å². The van der Waals surface area contributed by atoms with Crippen molar-refractivity contribution < 1.29 is 13.9 Å². The summed E-state index contributed by atoms with van der Waals surface area (Å²) < 4.78 is 24.0. The molecule has 2 rings (SSSR count). The number of halogens is 1. The lowest BCUT2D eigenvalue weighted by molar-refractivity contribution is 0.0644. The molecule has 0 aromatic heterocycles. The average Bonchev–Trinajstić information content (AvgIpc) is 2.30. The van der Waals surface area contributed by atoms with E-state index < -0.39 is 5.82 Å². The Kier molecular flexibility index (Phi) is 3.34. The number of hydrogen-bond acceptors (Lipinski definition) is 4. The van der Waals surface area contributed by atoms with E-state index in [4.69, 9.17) is 15.2 Å². The number of rotatable bonds is 2. The summed E-state index contributed by atoms with van der Waals surface area (Å²) in [5.74, 6) is -0.230. The zero-order chi connectivity index (χ0) is 13.3. The monoisotopic (exact) mass is 254 g/mol. The topological polar surface area (TPSA) is 47.7 Å². The summed E-state index contributed by atoms with van der Waals surface area (Å²) >= 11 is 0. The molecule has 0 radical (unpaired) electrons. The van der Waals surface area contributed by atoms with Gasteiger partial charge in [-0.15, -0.1) is 0 Å². The van der Waals surface area contributed by atoms with Gasteiger partial charge in [0.05, 0.1) is 37.2 Å². The Morgan fingerprint density at radius 1 is 1.44 bits per heavy atom. The minimum absolute atomic E-state index is 0.171. The number of ether oxygens (including phenoxy) is 2. The first kappa shape index (κ1) is 13.0. The van der Waals surface area contributed by atoms with Crippen LogP contribution in [0.25, 0.3) is 0 Å². The molecule has 1 aromatic carbocycles. The summed E-state index contributed by atoms with van der Waals surface area (Å²) in [5.41, 5.74) is 6.96. The van der Waals surface area contributed by atoms with E-state index in [-0.39, 0.29) is 11.3 Å². The normalized spacial score (nSPS) is 18.8. The van der Waals surface area contributed by atoms with Gasteiger partial charge < -0.3 is 20.1 Å². The average molecular weight is 254 g/mol. The van der Waals surface area contributed by atoms with Crippen molar-refractivity contribution in [1.82, 2.24) is 0 Å². The molecular weight excluding hydrogens is 235 g/mol. The van der Waals surface area contributed by atoms with Crippen LogP contribution in [0.15, 0.2) is 12.1 Å². The Bertz CT molecular complexity index is 449. The highest BCUT2D eigenvalue weighted by Crippen LogP contribution is 2.35. The molecule has 0 spiro atoms. The Morgan fingerprint density at radius 2 is 2.17 bits per heavy atom. The van der Waals surface area contributed by atoms with Gasteiger partial charge in [0.25, 0.3) is 0 Å². The van der Waals surface area contributed by atoms with E-state index in [1.165, 1.54) is 13.2 Å². The highest BCUT2D eigenvalue weighted by molar-refractivity contribution is 5.71. The van der Waals surface area contributed by atoms with Crippen molar-refractivity contribution >= 4 is 11.4 Å². The smallest absolute Gasteiger partial charge is 0.167 e. The zero-order valence-electron chi connectivity index (χ0n) is 11.0. The van der Waals surface area contributed by atoms with Crippen LogP contribution in [0.4, 0.5) is 15.8 Å². The van der Waals surface area contributed by atoms with Crippen LogP contribution in [0, 0.1) is 5.82 Å². The number of hydrogen-bond donors (Lipinski definition) is 1. The minimum Gasteiger partial charge on any atom is -0.494 e. The van der Waals surface area contributed by atoms with Gasteiger partial charge in [-0.3, -0.25) is 0 Å². The molecule has 0 saturated carbocycles. The van der Waals surface area contributed by atoms with E-state index in [1.54, 1.807) is 6.07 Å². The van der Waals surface area contributed by atoms with Gasteiger partial charge in [-0.1, -0.05) is 0 Å². The summed E-state index contributed by atoms with van der Waals surface area (Å²) in [6.07, 6.45) is 0. The third kappa shape index (κ3) is 2.22. The molecule has 0 atom stereocenters. The number of methoxy groups -OCH3 is 1. The van der Waals surface area contributed by atoms with Gasteiger partial charge in [-0.25, -0.2) is 4.39 Å². The molecule has 100 valence electrons. The van der Waals surface area contributed by atoms with Crippen LogP contribution >= 0.6 is 0 Å². The van der Waals surface area contributed by atoms with Crippen LogP contribution in [-0.4, -0.2) is 32.4 Å². The highest BCUT2D eigenvalue weighted by Gasteiger charge is 2.32. The molecule has 1 fully saturated rings. The molecular formula is C13H19FN2O2. The van der Waals surface area contributed by atoms with Crippen molar-refractivity contribution in [2.75, 3.05) is 37.5 Å². The quantitative estimate of drug-likeness (QED) is 0.820. The zero-order valence-corrected chi connectivity index (χ0v) is 11.0. The van der Waals surface area contributed by atoms with Gasteiger partial charge in [0.1, 0.15) is 0 Å². The third-order valence-electron chi connectivity index (χ3n) is 3.24. The largest absolute Gasteiger partial charge is 0.494 e. The molecule has 0 bridgehead atoms. The van der Waals surface area contributed by atoms with Crippen molar-refractivity contribution in [2.45, 2.75) is 19.4 Å². The van der Waals surface area contributed by atoms with Gasteiger partial charge in [0, 0.05) is 18.7 Å². The lowest BCUT2D eigenvalue weighted by Crippen LogP contribution is -2.53. The third-order valence-corrected chi connectivity index (χ3v) is 3.24. The second kappa shape index (κ2) is 4.65. The number of benzene rings is 1. The van der Waals surface area contributed by atoms with Crippen molar-refractivity contribution in [1.29, 1.82) is 0 Å². The molecule has 0 aliphatic carbocycles. The second-order valence-electron chi connectivity index (χ2n) is 5.06. The first-order valence-electron chi connectivity index (χ1n) is 5.94. The summed E-state index contributed by atoms with van der Waals surface area (Å²) in [6.45, 7) is 6.13. The van der Waals surface area contributed by atoms with Gasteiger partial charge in [0.15, 0.2) is 11.6 Å². The summed E-state index contributed by atoms with van der Waals surface area (Å²) in [6, 6.07) is 2.96. The Hall–Kier alpha value is -1.49. The molecule has 1 saturated heterocycles. The first-order valence-corrected chi connectivity index (χ1v) is 5.94. The standard InChI is InChI=1S/C13H19FN2O2/c1-13(2)8-18-5-4-16(13)11-7-12(17-3)9(14)6-10(11)15/h6-7H,4-5,8,15H2,1-3H3. The molecule has 1 aliphatic heterocycles. The number of nitrogens with two attached hydrogens (primary N) is 1. The fourth-order valence-electron chi connectivity index (χ4n) is 2.25. The highest BCUT2D eigenvalue weighted by atomic mass is 19.1. The van der Waals surface area contributed by atoms with Gasteiger partial charge in [-0.05, 0) is 13.8 Å². The Balaban J connectivity index is 2.43. The maximum atomic E-state index is 13.5. The van der Waals surface area contributed by atoms with Crippen LogP contribution in [0.2, 0.25) is 0 Å². The Morgan fingerprint density at radius 3 is 2.78 bits per heavy atom. The van der Waals surface area contributed by atoms with E-state index in [1.807, 2.05) is 0 Å². The molecule has 1 aromatic rings. The molecule has 4 nitrogen and oxygen atoms in total. The van der Waals surface area contributed by atoms with Crippen LogP contribution < -0.4 is 15.4 Å². The number of nitrogens with zero attached hydrogens (tertiary/aromatic N) is 1. The van der Waals surface area contributed by atoms with Gasteiger partial charge in [-0.2, -0.15) is 0 Å². The first-order chi connectivity index (χ1) is 8.45. The van der Waals surface area contributed by atoms with Gasteiger partial charge in [0.2, 0.25) is 0 Å². The molecule has 1 heterocycles. The van der Waals surface area contributed by atoms with Crippen molar-refractivity contribution in [3.63, 3.8) is 0 Å². The predicted octanol–water partition coefficient (Wildman–Crippen LogP) is 2.03. The molecule has 1 aliphatic rings. The van der Waals surface area contributed by atoms with Crippen molar-refractivity contribution in [2.24, 2.45) is 0 Å². The van der Waals surface area contributed by atoms with Crippen molar-refractivity contribution in [3.8, 4) is 5.75 Å². The van der Waals surface area contributed by atoms with Crippen LogP contribution in [-0.2, 0) is 4.74 Å². The van der Waals surface area contributed by atoms with Crippen LogP contribution in [0.3, 0.4) is 0 Å². The SMILES string of the molecule is COc1cc(N2CCOCC2(C)C)c(N)cc1F. The summed E-state index contributed by atoms with van der Waals surface area (Å²) in [4.78, 5) is 2.13. The number of anilines is 2. The van der Waals surface area contributed by atoms with E-state index >= 15 is 0 Å². The predicted molar refractivity (Wildman–Crippen MR) is 69.6 cm³/mol. The number of nitrogen functional groups attached to an aromatic ring is 1. The molecule has 0 unspecified atom stereocenters. The van der Waals surface area contributed by atoms with Crippen LogP contribution in [0.1, 0.15) is 13.8 Å².